The third-order valence-electron chi connectivity index (χ3n) is 2.55. The van der Waals surface area contributed by atoms with Gasteiger partial charge in [0.15, 0.2) is 5.76 Å². The standard InChI is InChI=1S/C12H17NO3/c14-12(11-3-1-8-16-11)13-6-2-7-15-9-10-4-5-10/h1,3,8,10H,2,4-7,9H2,(H,13,14). The minimum Gasteiger partial charge on any atom is -0.459 e. The molecular weight excluding hydrogens is 206 g/mol. The van der Waals surface area contributed by atoms with Crippen LogP contribution >= 0.6 is 0 Å². The van der Waals surface area contributed by atoms with E-state index in [-0.39, 0.29) is 5.91 Å². The number of ether oxygens (including phenoxy) is 1. The van der Waals surface area contributed by atoms with Gasteiger partial charge in [0.25, 0.3) is 5.91 Å². The molecular formula is C12H17NO3. The zero-order valence-electron chi connectivity index (χ0n) is 9.28. The molecule has 4 nitrogen and oxygen atoms in total. The number of rotatable bonds is 7. The molecule has 0 spiro atoms. The van der Waals surface area contributed by atoms with Crippen molar-refractivity contribution < 1.29 is 13.9 Å². The van der Waals surface area contributed by atoms with Crippen LogP contribution in [0, 0.1) is 5.92 Å². The molecule has 1 fully saturated rings. The lowest BCUT2D eigenvalue weighted by Crippen LogP contribution is -2.24. The average molecular weight is 223 g/mol. The predicted molar refractivity (Wildman–Crippen MR) is 59.2 cm³/mol. The minimum absolute atomic E-state index is 0.160. The molecule has 16 heavy (non-hydrogen) atoms. The van der Waals surface area contributed by atoms with E-state index >= 15 is 0 Å². The van der Waals surface area contributed by atoms with Crippen molar-refractivity contribution in [2.45, 2.75) is 19.3 Å². The first-order valence-corrected chi connectivity index (χ1v) is 5.75. The van der Waals surface area contributed by atoms with Crippen LogP contribution in [-0.2, 0) is 4.74 Å². The maximum absolute atomic E-state index is 11.4. The molecule has 1 heterocycles. The molecule has 1 aliphatic rings. The number of hydrogen-bond acceptors (Lipinski definition) is 3. The highest BCUT2D eigenvalue weighted by atomic mass is 16.5. The fraction of sp³-hybridized carbons (Fsp3) is 0.583. The quantitative estimate of drug-likeness (QED) is 0.717. The van der Waals surface area contributed by atoms with Gasteiger partial charge < -0.3 is 14.5 Å². The van der Waals surface area contributed by atoms with E-state index in [2.05, 4.69) is 5.32 Å². The predicted octanol–water partition coefficient (Wildman–Crippen LogP) is 1.83. The maximum Gasteiger partial charge on any atom is 0.286 e. The number of carbonyl (C=O) groups excluding carboxylic acids is 1. The molecule has 1 aromatic rings. The van der Waals surface area contributed by atoms with Crippen molar-refractivity contribution in [1.29, 1.82) is 0 Å². The van der Waals surface area contributed by atoms with Gasteiger partial charge in [-0.2, -0.15) is 0 Å². The summed E-state index contributed by atoms with van der Waals surface area (Å²) in [5.74, 6) is 1.00. The molecule has 88 valence electrons. The summed E-state index contributed by atoms with van der Waals surface area (Å²) in [5, 5.41) is 2.78. The smallest absolute Gasteiger partial charge is 0.286 e. The first-order valence-electron chi connectivity index (χ1n) is 5.75. The Kier molecular flexibility index (Phi) is 3.99. The summed E-state index contributed by atoms with van der Waals surface area (Å²) in [6.07, 6.45) is 4.97. The Labute approximate surface area is 95.0 Å². The molecule has 1 saturated carbocycles. The highest BCUT2D eigenvalue weighted by Crippen LogP contribution is 2.28. The number of amides is 1. The molecule has 1 aromatic heterocycles. The van der Waals surface area contributed by atoms with E-state index in [9.17, 15) is 4.79 Å². The van der Waals surface area contributed by atoms with Crippen LogP contribution in [0.4, 0.5) is 0 Å². The number of carbonyl (C=O) groups is 1. The van der Waals surface area contributed by atoms with Gasteiger partial charge in [0.05, 0.1) is 6.26 Å². The molecule has 1 N–H and O–H groups in total. The fourth-order valence-electron chi connectivity index (χ4n) is 1.41. The Morgan fingerprint density at radius 3 is 3.12 bits per heavy atom. The highest BCUT2D eigenvalue weighted by Gasteiger charge is 2.20. The van der Waals surface area contributed by atoms with Crippen LogP contribution in [0.25, 0.3) is 0 Å². The Morgan fingerprint density at radius 2 is 2.44 bits per heavy atom. The Balaban J connectivity index is 1.49. The third kappa shape index (κ3) is 3.70. The van der Waals surface area contributed by atoms with Crippen LogP contribution in [0.3, 0.4) is 0 Å². The van der Waals surface area contributed by atoms with Crippen LogP contribution < -0.4 is 5.32 Å². The summed E-state index contributed by atoms with van der Waals surface area (Å²) < 4.78 is 10.4. The van der Waals surface area contributed by atoms with E-state index in [1.54, 1.807) is 12.1 Å². The lowest BCUT2D eigenvalue weighted by molar-refractivity contribution is 0.0910. The van der Waals surface area contributed by atoms with Gasteiger partial charge in [-0.15, -0.1) is 0 Å². The van der Waals surface area contributed by atoms with Crippen LogP contribution in [0.5, 0.6) is 0 Å². The molecule has 0 atom stereocenters. The zero-order valence-corrected chi connectivity index (χ0v) is 9.28. The van der Waals surface area contributed by atoms with Crippen molar-refractivity contribution in [2.24, 2.45) is 5.92 Å². The van der Waals surface area contributed by atoms with E-state index in [0.29, 0.717) is 12.3 Å². The molecule has 1 aliphatic carbocycles. The molecule has 0 bridgehead atoms. The summed E-state index contributed by atoms with van der Waals surface area (Å²) in [7, 11) is 0. The number of furan rings is 1. The van der Waals surface area contributed by atoms with Crippen LogP contribution in [0.15, 0.2) is 22.8 Å². The summed E-state index contributed by atoms with van der Waals surface area (Å²) in [6, 6.07) is 3.35. The van der Waals surface area contributed by atoms with Gasteiger partial charge in [0.2, 0.25) is 0 Å². The topological polar surface area (TPSA) is 51.5 Å². The van der Waals surface area contributed by atoms with E-state index in [1.165, 1.54) is 19.1 Å². The van der Waals surface area contributed by atoms with Crippen LogP contribution in [0.2, 0.25) is 0 Å². The second-order valence-corrected chi connectivity index (χ2v) is 4.11. The maximum atomic E-state index is 11.4. The molecule has 0 aromatic carbocycles. The van der Waals surface area contributed by atoms with Crippen LogP contribution in [-0.4, -0.2) is 25.7 Å². The van der Waals surface area contributed by atoms with E-state index in [4.69, 9.17) is 9.15 Å². The van der Waals surface area contributed by atoms with Gasteiger partial charge in [0.1, 0.15) is 0 Å². The lowest BCUT2D eigenvalue weighted by atomic mass is 10.4. The zero-order chi connectivity index (χ0) is 11.2. The van der Waals surface area contributed by atoms with Crippen LogP contribution in [0.1, 0.15) is 29.8 Å². The lowest BCUT2D eigenvalue weighted by Gasteiger charge is -2.04. The Morgan fingerprint density at radius 1 is 1.56 bits per heavy atom. The monoisotopic (exact) mass is 223 g/mol. The summed E-state index contributed by atoms with van der Waals surface area (Å²) in [4.78, 5) is 11.4. The third-order valence-corrected chi connectivity index (χ3v) is 2.55. The van der Waals surface area contributed by atoms with Gasteiger partial charge in [-0.25, -0.2) is 0 Å². The number of hydrogen-bond donors (Lipinski definition) is 1. The first-order chi connectivity index (χ1) is 7.86. The number of nitrogens with one attached hydrogen (secondary N) is 1. The van der Waals surface area contributed by atoms with Gasteiger partial charge in [-0.3, -0.25) is 4.79 Å². The molecule has 2 rings (SSSR count). The average Bonchev–Trinajstić information content (AvgIpc) is 2.95. The van der Waals surface area contributed by atoms with Gasteiger partial charge in [-0.1, -0.05) is 0 Å². The van der Waals surface area contributed by atoms with Gasteiger partial charge >= 0.3 is 0 Å². The Hall–Kier alpha value is -1.29. The summed E-state index contributed by atoms with van der Waals surface area (Å²) in [5.41, 5.74) is 0. The Bertz CT molecular complexity index is 317. The van der Waals surface area contributed by atoms with Crippen molar-refractivity contribution in [1.82, 2.24) is 5.32 Å². The van der Waals surface area contributed by atoms with E-state index < -0.39 is 0 Å². The summed E-state index contributed by atoms with van der Waals surface area (Å²) >= 11 is 0. The highest BCUT2D eigenvalue weighted by molar-refractivity contribution is 5.91. The summed E-state index contributed by atoms with van der Waals surface area (Å²) in [6.45, 7) is 2.23. The first kappa shape index (κ1) is 11.2. The van der Waals surface area contributed by atoms with E-state index in [1.807, 2.05) is 0 Å². The molecule has 0 aliphatic heterocycles. The molecule has 1 amide bonds. The van der Waals surface area contributed by atoms with Crippen molar-refractivity contribution in [3.63, 3.8) is 0 Å². The minimum atomic E-state index is -0.160. The fourth-order valence-corrected chi connectivity index (χ4v) is 1.41. The van der Waals surface area contributed by atoms with Crippen molar-refractivity contribution in [3.8, 4) is 0 Å². The van der Waals surface area contributed by atoms with Gasteiger partial charge in [-0.05, 0) is 37.3 Å². The second kappa shape index (κ2) is 5.70. The van der Waals surface area contributed by atoms with Gasteiger partial charge in [0, 0.05) is 19.8 Å². The molecule has 0 unspecified atom stereocenters. The molecule has 0 radical (unpaired) electrons. The molecule has 0 saturated heterocycles. The second-order valence-electron chi connectivity index (χ2n) is 4.11. The van der Waals surface area contributed by atoms with Crippen molar-refractivity contribution in [3.05, 3.63) is 24.2 Å². The SMILES string of the molecule is O=C(NCCCOCC1CC1)c1ccco1. The van der Waals surface area contributed by atoms with E-state index in [0.717, 1.165) is 25.6 Å². The normalized spacial score (nSPS) is 15.0. The van der Waals surface area contributed by atoms with Crippen molar-refractivity contribution >= 4 is 5.91 Å². The molecule has 4 heteroatoms. The van der Waals surface area contributed by atoms with Crippen molar-refractivity contribution in [2.75, 3.05) is 19.8 Å². The largest absolute Gasteiger partial charge is 0.459 e.